The second kappa shape index (κ2) is 22.3. The van der Waals surface area contributed by atoms with E-state index in [9.17, 15) is 0 Å². The van der Waals surface area contributed by atoms with Crippen molar-refractivity contribution in [1.29, 1.82) is 0 Å². The predicted octanol–water partition coefficient (Wildman–Crippen LogP) is 22.1. The van der Waals surface area contributed by atoms with Crippen molar-refractivity contribution < 1.29 is 0 Å². The smallest absolute Gasteiger partial charge is 0.0217 e. The molecule has 0 saturated heterocycles. The number of hydrogen-bond acceptors (Lipinski definition) is 0. The minimum atomic E-state index is 0.403. The molecule has 0 aromatic heterocycles. The Hall–Kier alpha value is -0.780. The summed E-state index contributed by atoms with van der Waals surface area (Å²) in [6.45, 7) is 55.1. The van der Waals surface area contributed by atoms with Crippen molar-refractivity contribution in [2.45, 2.75) is 307 Å². The molecule has 66 heavy (non-hydrogen) atoms. The Kier molecular flexibility index (Phi) is 20.1. The molecule has 1 aromatic rings. The van der Waals surface area contributed by atoms with Crippen LogP contribution in [0, 0.1) is 77.3 Å². The fourth-order valence-electron chi connectivity index (χ4n) is 12.4. The van der Waals surface area contributed by atoms with Gasteiger partial charge < -0.3 is 0 Å². The normalized spacial score (nSPS) is 29.4. The van der Waals surface area contributed by atoms with Crippen molar-refractivity contribution in [3.8, 4) is 0 Å². The van der Waals surface area contributed by atoms with Crippen LogP contribution in [0.4, 0.5) is 0 Å². The van der Waals surface area contributed by atoms with Crippen LogP contribution in [0.5, 0.6) is 0 Å². The average Bonchev–Trinajstić information content (AvgIpc) is 3.52. The average molecular weight is 916 g/mol. The van der Waals surface area contributed by atoms with E-state index in [1.807, 2.05) is 0 Å². The fourth-order valence-corrected chi connectivity index (χ4v) is 12.4. The van der Waals surface area contributed by atoms with Crippen molar-refractivity contribution in [1.82, 2.24) is 0 Å². The molecule has 0 amide bonds. The largest absolute Gasteiger partial charge is 0.0623 e. The van der Waals surface area contributed by atoms with Gasteiger partial charge in [0, 0.05) is 0 Å². The highest BCUT2D eigenvalue weighted by molar-refractivity contribution is 5.31. The molecule has 6 saturated carbocycles. The molecular formula is C66H122. The molecule has 0 bridgehead atoms. The zero-order valence-electron chi connectivity index (χ0n) is 49.8. The molecule has 0 nitrogen and oxygen atoms in total. The van der Waals surface area contributed by atoms with E-state index in [2.05, 4.69) is 184 Å². The van der Waals surface area contributed by atoms with Crippen molar-refractivity contribution in [2.24, 2.45) is 77.3 Å². The minimum Gasteiger partial charge on any atom is -0.0623 e. The number of aryl methyl sites for hydroxylation is 1. The SMILES string of the molecule is CC(C)(C)C1(C)CCC1.CC(C)(C)C1(C)CCC2CCCC2C1.CC(C)(C)C1(C)CCCC1.CC(C)(C)C1(C)CCCCC1.CC(C)(C)C1(C)CCc2ccccc2C1.CC(C)C1(C)CC1. The van der Waals surface area contributed by atoms with Crippen LogP contribution in [0.1, 0.15) is 305 Å². The molecule has 4 unspecified atom stereocenters. The summed E-state index contributed by atoms with van der Waals surface area (Å²) in [6, 6.07) is 8.93. The van der Waals surface area contributed by atoms with Gasteiger partial charge in [-0.2, -0.15) is 0 Å². The van der Waals surface area contributed by atoms with Gasteiger partial charge in [-0.25, -0.2) is 0 Å². The molecule has 0 N–H and O–H groups in total. The highest BCUT2D eigenvalue weighted by Gasteiger charge is 2.46. The number of fused-ring (bicyclic) bond motifs is 2. The molecule has 386 valence electrons. The maximum Gasteiger partial charge on any atom is -0.0217 e. The molecule has 0 heteroatoms. The van der Waals surface area contributed by atoms with Crippen molar-refractivity contribution in [3.05, 3.63) is 35.4 Å². The third kappa shape index (κ3) is 15.6. The van der Waals surface area contributed by atoms with E-state index < -0.39 is 0 Å². The van der Waals surface area contributed by atoms with E-state index >= 15 is 0 Å². The molecule has 6 fully saturated rings. The molecule has 0 heterocycles. The lowest BCUT2D eigenvalue weighted by Gasteiger charge is -2.49. The van der Waals surface area contributed by atoms with Crippen LogP contribution in [0.3, 0.4) is 0 Å². The van der Waals surface area contributed by atoms with Crippen LogP contribution in [0.2, 0.25) is 0 Å². The number of hydrogen-bond donors (Lipinski definition) is 0. The van der Waals surface area contributed by atoms with Crippen LogP contribution in [-0.4, -0.2) is 0 Å². The standard InChI is InChI=1S/C15H22.C14H26.C11H22.C10H20.C9H18.C7H14/c1-14(2,3)15(4)10-9-12-7-5-6-8-13(12)11-15;1-13(2,3)14(4)9-8-11-6-5-7-12(11)10-14;1-10(2,3)11(4)8-6-5-7-9-11;1-9(2,3)10(4)7-5-6-8-10;1-8(2,3)9(4)6-5-7-9;1-6(2)7(3)4-5-7/h5-8H,9-11H2,1-4H3;11-12H,5-10H2,1-4H3;5-9H2,1-4H3;5-8H2,1-4H3;5-7H2,1-4H3;6H,4-5H2,1-3H3. The Bertz CT molecular complexity index is 1560. The molecule has 0 spiro atoms. The lowest BCUT2D eigenvalue weighted by Crippen LogP contribution is -2.39. The topological polar surface area (TPSA) is 0 Å². The maximum absolute atomic E-state index is 2.53. The van der Waals surface area contributed by atoms with Gasteiger partial charge in [-0.05, 0) is 178 Å². The zero-order valence-corrected chi connectivity index (χ0v) is 49.8. The molecule has 0 radical (unpaired) electrons. The summed E-state index contributed by atoms with van der Waals surface area (Å²) in [5.74, 6) is 3.09. The molecule has 1 aromatic carbocycles. The Morgan fingerprint density at radius 3 is 1.09 bits per heavy atom. The Morgan fingerprint density at radius 2 is 0.758 bits per heavy atom. The number of rotatable bonds is 1. The summed E-state index contributed by atoms with van der Waals surface area (Å²) in [6.07, 6.45) is 33.2. The maximum atomic E-state index is 2.53. The summed E-state index contributed by atoms with van der Waals surface area (Å²) in [4.78, 5) is 0. The van der Waals surface area contributed by atoms with E-state index in [0.29, 0.717) is 54.1 Å². The second-order valence-electron chi connectivity index (χ2n) is 31.6. The lowest BCUT2D eigenvalue weighted by molar-refractivity contribution is 0.0155. The molecule has 0 aliphatic heterocycles. The van der Waals surface area contributed by atoms with E-state index in [4.69, 9.17) is 0 Å². The van der Waals surface area contributed by atoms with E-state index in [0.717, 1.165) is 23.2 Å². The van der Waals surface area contributed by atoms with Gasteiger partial charge in [0.1, 0.15) is 0 Å². The first-order chi connectivity index (χ1) is 29.9. The molecule has 4 atom stereocenters. The molecule has 7 aliphatic carbocycles. The number of benzene rings is 1. The van der Waals surface area contributed by atoms with Crippen LogP contribution in [0.25, 0.3) is 0 Å². The van der Waals surface area contributed by atoms with Gasteiger partial charge in [0.05, 0.1) is 0 Å². The highest BCUT2D eigenvalue weighted by atomic mass is 14.5. The summed E-state index contributed by atoms with van der Waals surface area (Å²) >= 11 is 0. The van der Waals surface area contributed by atoms with Crippen molar-refractivity contribution in [2.75, 3.05) is 0 Å². The minimum absolute atomic E-state index is 0.403. The molecule has 8 rings (SSSR count). The molecule has 7 aliphatic rings. The van der Waals surface area contributed by atoms with Crippen molar-refractivity contribution >= 4 is 0 Å². The zero-order chi connectivity index (χ0) is 50.5. The van der Waals surface area contributed by atoms with Crippen LogP contribution in [-0.2, 0) is 12.8 Å². The second-order valence-corrected chi connectivity index (χ2v) is 31.6. The van der Waals surface area contributed by atoms with Gasteiger partial charge in [-0.15, -0.1) is 0 Å². The van der Waals surface area contributed by atoms with Gasteiger partial charge in [0.2, 0.25) is 0 Å². The monoisotopic (exact) mass is 915 g/mol. The summed E-state index contributed by atoms with van der Waals surface area (Å²) < 4.78 is 0. The first-order valence-electron chi connectivity index (χ1n) is 28.9. The first-order valence-corrected chi connectivity index (χ1v) is 28.9. The molecular weight excluding hydrogens is 793 g/mol. The summed E-state index contributed by atoms with van der Waals surface area (Å²) in [5, 5.41) is 0. The van der Waals surface area contributed by atoms with Gasteiger partial charge in [-0.3, -0.25) is 0 Å². The van der Waals surface area contributed by atoms with Gasteiger partial charge in [0.15, 0.2) is 0 Å². The lowest BCUT2D eigenvalue weighted by atomic mass is 9.56. The Balaban J connectivity index is 0.000000214. The van der Waals surface area contributed by atoms with Gasteiger partial charge in [0.25, 0.3) is 0 Å². The summed E-state index contributed by atoms with van der Waals surface area (Å²) in [7, 11) is 0. The fraction of sp³-hybridized carbons (Fsp3) is 0.909. The van der Waals surface area contributed by atoms with Crippen molar-refractivity contribution in [3.63, 3.8) is 0 Å². The highest BCUT2D eigenvalue weighted by Crippen LogP contribution is 2.57. The Labute approximate surface area is 417 Å². The third-order valence-electron chi connectivity index (χ3n) is 22.8. The van der Waals surface area contributed by atoms with E-state index in [1.54, 1.807) is 11.1 Å². The van der Waals surface area contributed by atoms with Crippen LogP contribution in [0.15, 0.2) is 24.3 Å². The van der Waals surface area contributed by atoms with E-state index in [-0.39, 0.29) is 0 Å². The third-order valence-corrected chi connectivity index (χ3v) is 22.8. The van der Waals surface area contributed by atoms with E-state index in [1.165, 1.54) is 148 Å². The Morgan fingerprint density at radius 1 is 0.379 bits per heavy atom. The van der Waals surface area contributed by atoms with Gasteiger partial charge in [-0.1, -0.05) is 241 Å². The van der Waals surface area contributed by atoms with Crippen LogP contribution >= 0.6 is 0 Å². The van der Waals surface area contributed by atoms with Gasteiger partial charge >= 0.3 is 0 Å². The predicted molar refractivity (Wildman–Crippen MR) is 299 cm³/mol. The summed E-state index contributed by atoms with van der Waals surface area (Å²) in [5.41, 5.74) is 9.33. The first kappa shape index (κ1) is 59.5. The van der Waals surface area contributed by atoms with Crippen LogP contribution < -0.4 is 0 Å². The quantitative estimate of drug-likeness (QED) is 0.263.